The molecule has 0 amide bonds. The molecule has 0 radical (unpaired) electrons. The first-order valence-electron chi connectivity index (χ1n) is 3.80. The van der Waals surface area contributed by atoms with Crippen LogP contribution >= 0.6 is 0 Å². The fourth-order valence-electron chi connectivity index (χ4n) is 2.26. The van der Waals surface area contributed by atoms with Crippen molar-refractivity contribution in [3.05, 3.63) is 0 Å². The Labute approximate surface area is 56.0 Å². The van der Waals surface area contributed by atoms with Crippen molar-refractivity contribution in [3.63, 3.8) is 0 Å². The van der Waals surface area contributed by atoms with Crippen LogP contribution in [0.2, 0.25) is 0 Å². The minimum Gasteiger partial charge on any atom is -0.269 e. The summed E-state index contributed by atoms with van der Waals surface area (Å²) in [5.41, 5.74) is 0.689. The van der Waals surface area contributed by atoms with Gasteiger partial charge in [-0.25, -0.2) is 5.01 Å². The molecule has 0 aromatic carbocycles. The van der Waals surface area contributed by atoms with Crippen LogP contribution in [0.1, 0.15) is 25.7 Å². The monoisotopic (exact) mass is 126 g/mol. The van der Waals surface area contributed by atoms with Gasteiger partial charge in [-0.2, -0.15) is 0 Å². The third-order valence-corrected chi connectivity index (χ3v) is 2.74. The molecular weight excluding hydrogens is 112 g/mol. The summed E-state index contributed by atoms with van der Waals surface area (Å²) in [5.74, 6) is 5.57. The third kappa shape index (κ3) is 0.775. The topological polar surface area (TPSA) is 29.3 Å². The van der Waals surface area contributed by atoms with E-state index in [4.69, 9.17) is 5.84 Å². The van der Waals surface area contributed by atoms with E-state index >= 15 is 0 Å². The van der Waals surface area contributed by atoms with Crippen LogP contribution < -0.4 is 5.84 Å². The van der Waals surface area contributed by atoms with Crippen molar-refractivity contribution < 1.29 is 0 Å². The van der Waals surface area contributed by atoms with Gasteiger partial charge in [0.1, 0.15) is 0 Å². The van der Waals surface area contributed by atoms with Gasteiger partial charge in [0.2, 0.25) is 0 Å². The van der Waals surface area contributed by atoms with Gasteiger partial charge in [-0.3, -0.25) is 5.84 Å². The molecule has 0 aromatic heterocycles. The Balaban J connectivity index is 1.95. The zero-order valence-corrected chi connectivity index (χ0v) is 5.77. The van der Waals surface area contributed by atoms with E-state index in [9.17, 15) is 0 Å². The van der Waals surface area contributed by atoms with Crippen molar-refractivity contribution in [2.45, 2.75) is 25.7 Å². The average molecular weight is 126 g/mol. The Kier molecular flexibility index (Phi) is 1.08. The molecule has 1 saturated heterocycles. The van der Waals surface area contributed by atoms with Crippen molar-refractivity contribution in [2.24, 2.45) is 11.3 Å². The van der Waals surface area contributed by atoms with Gasteiger partial charge in [0.25, 0.3) is 0 Å². The first-order valence-corrected chi connectivity index (χ1v) is 3.80. The predicted molar refractivity (Wildman–Crippen MR) is 36.7 cm³/mol. The second-order valence-electron chi connectivity index (χ2n) is 3.61. The van der Waals surface area contributed by atoms with Crippen LogP contribution in [-0.2, 0) is 0 Å². The van der Waals surface area contributed by atoms with Gasteiger partial charge >= 0.3 is 0 Å². The minimum absolute atomic E-state index is 0.689. The van der Waals surface area contributed by atoms with E-state index in [0.717, 1.165) is 13.1 Å². The normalized spacial score (nSPS) is 33.0. The van der Waals surface area contributed by atoms with Crippen molar-refractivity contribution in [1.29, 1.82) is 0 Å². The first kappa shape index (κ1) is 5.69. The Morgan fingerprint density at radius 3 is 2.11 bits per heavy atom. The largest absolute Gasteiger partial charge is 0.269 e. The second-order valence-corrected chi connectivity index (χ2v) is 3.61. The molecule has 0 aromatic rings. The summed E-state index contributed by atoms with van der Waals surface area (Å²) >= 11 is 0. The summed E-state index contributed by atoms with van der Waals surface area (Å²) in [6.07, 6.45) is 5.74. The average Bonchev–Trinajstić information content (AvgIpc) is 2.12. The van der Waals surface area contributed by atoms with Gasteiger partial charge in [-0.15, -0.1) is 0 Å². The lowest BCUT2D eigenvalue weighted by Gasteiger charge is -2.45. The zero-order valence-electron chi connectivity index (χ0n) is 5.77. The fraction of sp³-hybridized carbons (Fsp3) is 1.00. The molecule has 2 nitrogen and oxygen atoms in total. The molecular formula is C7H14N2. The number of hydrogen-bond acceptors (Lipinski definition) is 2. The molecule has 52 valence electrons. The molecule has 2 rings (SSSR count). The number of nitrogens with zero attached hydrogens (tertiary/aromatic N) is 1. The van der Waals surface area contributed by atoms with Crippen molar-refractivity contribution in [2.75, 3.05) is 13.1 Å². The van der Waals surface area contributed by atoms with Crippen LogP contribution in [0.4, 0.5) is 0 Å². The molecule has 2 heteroatoms. The molecule has 2 fully saturated rings. The maximum absolute atomic E-state index is 5.57. The maximum Gasteiger partial charge on any atom is 0.0198 e. The third-order valence-electron chi connectivity index (χ3n) is 2.74. The molecule has 1 spiro atoms. The van der Waals surface area contributed by atoms with Crippen LogP contribution in [0.5, 0.6) is 0 Å². The summed E-state index contributed by atoms with van der Waals surface area (Å²) in [7, 11) is 0. The molecule has 9 heavy (non-hydrogen) atoms. The van der Waals surface area contributed by atoms with Crippen LogP contribution in [0, 0.1) is 5.41 Å². The van der Waals surface area contributed by atoms with E-state index in [1.165, 1.54) is 25.7 Å². The summed E-state index contributed by atoms with van der Waals surface area (Å²) in [6, 6.07) is 0. The van der Waals surface area contributed by atoms with Crippen LogP contribution in [-0.4, -0.2) is 18.1 Å². The van der Waals surface area contributed by atoms with E-state index in [-0.39, 0.29) is 0 Å². The van der Waals surface area contributed by atoms with E-state index in [1.807, 2.05) is 5.01 Å². The van der Waals surface area contributed by atoms with Crippen LogP contribution in [0.3, 0.4) is 0 Å². The lowest BCUT2D eigenvalue weighted by atomic mass is 9.80. The summed E-state index contributed by atoms with van der Waals surface area (Å²) in [6.45, 7) is 2.32. The fourth-order valence-corrected chi connectivity index (χ4v) is 2.26. The lowest BCUT2D eigenvalue weighted by Crippen LogP contribution is -2.58. The van der Waals surface area contributed by atoms with Gasteiger partial charge in [-0.05, 0) is 18.3 Å². The minimum atomic E-state index is 0.689. The zero-order chi connectivity index (χ0) is 6.32. The van der Waals surface area contributed by atoms with Crippen molar-refractivity contribution in [1.82, 2.24) is 5.01 Å². The Morgan fingerprint density at radius 2 is 1.67 bits per heavy atom. The molecule has 0 bridgehead atoms. The summed E-state index contributed by atoms with van der Waals surface area (Å²) in [5, 5.41) is 1.94. The van der Waals surface area contributed by atoms with Crippen LogP contribution in [0.25, 0.3) is 0 Å². The van der Waals surface area contributed by atoms with E-state index in [1.54, 1.807) is 0 Å². The molecule has 1 aliphatic heterocycles. The maximum atomic E-state index is 5.57. The highest BCUT2D eigenvalue weighted by Crippen LogP contribution is 2.43. The molecule has 1 aliphatic carbocycles. The van der Waals surface area contributed by atoms with E-state index in [0.29, 0.717) is 5.41 Å². The quantitative estimate of drug-likeness (QED) is 0.485. The van der Waals surface area contributed by atoms with Gasteiger partial charge in [0, 0.05) is 13.1 Å². The Bertz CT molecular complexity index is 108. The molecule has 1 heterocycles. The smallest absolute Gasteiger partial charge is 0.0198 e. The molecule has 1 saturated carbocycles. The van der Waals surface area contributed by atoms with Crippen molar-refractivity contribution in [3.8, 4) is 0 Å². The second kappa shape index (κ2) is 1.70. The van der Waals surface area contributed by atoms with E-state index < -0.39 is 0 Å². The number of hydrazine groups is 1. The highest BCUT2D eigenvalue weighted by molar-refractivity contribution is 4.95. The highest BCUT2D eigenvalue weighted by Gasteiger charge is 2.43. The lowest BCUT2D eigenvalue weighted by molar-refractivity contribution is 0.00575. The number of hydrogen-bond donors (Lipinski definition) is 1. The first-order chi connectivity index (χ1) is 4.31. The molecule has 2 N–H and O–H groups in total. The molecule has 2 aliphatic rings. The van der Waals surface area contributed by atoms with Gasteiger partial charge in [-0.1, -0.05) is 12.8 Å². The standard InChI is InChI=1S/C7H14N2/c8-9-5-7(6-9)3-1-2-4-7/h1-6,8H2. The van der Waals surface area contributed by atoms with Crippen LogP contribution in [0.15, 0.2) is 0 Å². The Hall–Kier alpha value is -0.0800. The highest BCUT2D eigenvalue weighted by atomic mass is 15.4. The SMILES string of the molecule is NN1CC2(CCCC2)C1. The van der Waals surface area contributed by atoms with Gasteiger partial charge in [0.05, 0.1) is 0 Å². The van der Waals surface area contributed by atoms with Crippen molar-refractivity contribution >= 4 is 0 Å². The summed E-state index contributed by atoms with van der Waals surface area (Å²) < 4.78 is 0. The van der Waals surface area contributed by atoms with Gasteiger partial charge < -0.3 is 0 Å². The Morgan fingerprint density at radius 1 is 1.11 bits per heavy atom. The molecule has 0 atom stereocenters. The summed E-state index contributed by atoms with van der Waals surface area (Å²) in [4.78, 5) is 0. The molecule has 0 unspecified atom stereocenters. The van der Waals surface area contributed by atoms with E-state index in [2.05, 4.69) is 0 Å². The number of rotatable bonds is 0. The van der Waals surface area contributed by atoms with Gasteiger partial charge in [0.15, 0.2) is 0 Å². The number of nitrogens with two attached hydrogens (primary N) is 1. The predicted octanol–water partition coefficient (Wildman–Crippen LogP) is 0.736.